The first-order valence-corrected chi connectivity index (χ1v) is 11.6. The van der Waals surface area contributed by atoms with Crippen LogP contribution in [-0.4, -0.2) is 60.1 Å². The van der Waals surface area contributed by atoms with Crippen LogP contribution in [0.4, 0.5) is 5.69 Å². The molecule has 0 radical (unpaired) electrons. The maximum Gasteiger partial charge on any atom is 0.191 e. The highest BCUT2D eigenvalue weighted by atomic mass is 16.5. The van der Waals surface area contributed by atoms with Crippen molar-refractivity contribution in [2.45, 2.75) is 58.0 Å². The summed E-state index contributed by atoms with van der Waals surface area (Å²) in [5.74, 6) is 4.02. The summed E-state index contributed by atoms with van der Waals surface area (Å²) in [6, 6.07) is 8.58. The summed E-state index contributed by atoms with van der Waals surface area (Å²) in [7, 11) is 1.73. The monoisotopic (exact) mass is 425 g/mol. The molecule has 0 bridgehead atoms. The molecule has 2 aliphatic rings. The number of methoxy groups -OCH3 is 1. The number of hydrogen-bond acceptors (Lipinski definition) is 5. The number of aromatic nitrogens is 3. The van der Waals surface area contributed by atoms with Crippen molar-refractivity contribution in [1.29, 1.82) is 0 Å². The smallest absolute Gasteiger partial charge is 0.191 e. The van der Waals surface area contributed by atoms with Crippen molar-refractivity contribution in [3.05, 3.63) is 35.9 Å². The van der Waals surface area contributed by atoms with E-state index in [9.17, 15) is 0 Å². The van der Waals surface area contributed by atoms with Crippen LogP contribution in [0.25, 0.3) is 0 Å². The van der Waals surface area contributed by atoms with Crippen molar-refractivity contribution in [3.63, 3.8) is 0 Å². The molecule has 1 aromatic heterocycles. The predicted octanol–water partition coefficient (Wildman–Crippen LogP) is 2.39. The summed E-state index contributed by atoms with van der Waals surface area (Å²) in [5.41, 5.74) is 1.16. The molecule has 2 aliphatic heterocycles. The number of nitrogens with zero attached hydrogens (tertiary/aromatic N) is 5. The van der Waals surface area contributed by atoms with E-state index >= 15 is 0 Å². The highest BCUT2D eigenvalue weighted by molar-refractivity contribution is 5.80. The zero-order chi connectivity index (χ0) is 21.5. The average Bonchev–Trinajstić information content (AvgIpc) is 3.34. The fraction of sp³-hybridized carbons (Fsp3) is 0.609. The van der Waals surface area contributed by atoms with Crippen LogP contribution in [0.3, 0.4) is 0 Å². The SMILES string of the molecule is CCNC(=NCCc1nnc2n1CCCCC2)NC1CCN(c2ccccc2OC)C1. The Morgan fingerprint density at radius 2 is 2.10 bits per heavy atom. The summed E-state index contributed by atoms with van der Waals surface area (Å²) in [6.45, 7) is 6.63. The van der Waals surface area contributed by atoms with E-state index in [1.54, 1.807) is 7.11 Å². The molecule has 168 valence electrons. The van der Waals surface area contributed by atoms with Gasteiger partial charge in [-0.3, -0.25) is 4.99 Å². The van der Waals surface area contributed by atoms with Crippen LogP contribution in [-0.2, 0) is 19.4 Å². The van der Waals surface area contributed by atoms with E-state index in [0.717, 1.165) is 74.5 Å². The minimum absolute atomic E-state index is 0.354. The van der Waals surface area contributed by atoms with Gasteiger partial charge in [-0.25, -0.2) is 0 Å². The van der Waals surface area contributed by atoms with Gasteiger partial charge in [-0.05, 0) is 38.3 Å². The van der Waals surface area contributed by atoms with Gasteiger partial charge >= 0.3 is 0 Å². The number of benzene rings is 1. The molecule has 1 aromatic carbocycles. The Labute approximate surface area is 185 Å². The van der Waals surface area contributed by atoms with Gasteiger partial charge in [0, 0.05) is 51.6 Å². The fourth-order valence-corrected chi connectivity index (χ4v) is 4.50. The third-order valence-electron chi connectivity index (χ3n) is 6.09. The fourth-order valence-electron chi connectivity index (χ4n) is 4.50. The Bertz CT molecular complexity index is 879. The lowest BCUT2D eigenvalue weighted by Gasteiger charge is -2.22. The van der Waals surface area contributed by atoms with Gasteiger partial charge in [-0.1, -0.05) is 18.6 Å². The molecule has 1 fully saturated rings. The first-order chi connectivity index (χ1) is 15.3. The molecule has 0 saturated carbocycles. The normalized spacial score (nSPS) is 19.1. The van der Waals surface area contributed by atoms with Crippen LogP contribution in [0.2, 0.25) is 0 Å². The van der Waals surface area contributed by atoms with Gasteiger partial charge in [0.25, 0.3) is 0 Å². The number of para-hydroxylation sites is 2. The topological polar surface area (TPSA) is 79.6 Å². The number of aryl methyl sites for hydroxylation is 1. The van der Waals surface area contributed by atoms with E-state index in [4.69, 9.17) is 9.73 Å². The molecule has 8 nitrogen and oxygen atoms in total. The minimum Gasteiger partial charge on any atom is -0.495 e. The Kier molecular flexibility index (Phi) is 7.27. The van der Waals surface area contributed by atoms with Gasteiger partial charge in [-0.2, -0.15) is 0 Å². The molecule has 31 heavy (non-hydrogen) atoms. The lowest BCUT2D eigenvalue weighted by Crippen LogP contribution is -2.44. The first kappa shape index (κ1) is 21.5. The summed E-state index contributed by atoms with van der Waals surface area (Å²) in [4.78, 5) is 7.21. The van der Waals surface area contributed by atoms with Crippen molar-refractivity contribution in [2.24, 2.45) is 4.99 Å². The highest BCUT2D eigenvalue weighted by Crippen LogP contribution is 2.30. The van der Waals surface area contributed by atoms with Crippen molar-refractivity contribution < 1.29 is 4.74 Å². The van der Waals surface area contributed by atoms with Crippen molar-refractivity contribution in [3.8, 4) is 5.75 Å². The third kappa shape index (κ3) is 5.29. The molecular formula is C23H35N7O. The molecule has 0 aliphatic carbocycles. The predicted molar refractivity (Wildman–Crippen MR) is 124 cm³/mol. The molecule has 4 rings (SSSR count). The van der Waals surface area contributed by atoms with Gasteiger partial charge in [0.05, 0.1) is 12.8 Å². The lowest BCUT2D eigenvalue weighted by atomic mass is 10.2. The van der Waals surface area contributed by atoms with Gasteiger partial charge in [0.2, 0.25) is 0 Å². The molecule has 8 heteroatoms. The zero-order valence-electron chi connectivity index (χ0n) is 18.8. The standard InChI is InChI=1S/C23H35N7O/c1-3-24-23(25-14-12-22-28-27-21-11-5-4-8-15-30(21)22)26-18-13-16-29(17-18)19-9-6-7-10-20(19)31-2/h6-7,9-10,18H,3-5,8,11-17H2,1-2H3,(H2,24,25,26). The number of rotatable bonds is 7. The molecule has 0 amide bonds. The summed E-state index contributed by atoms with van der Waals surface area (Å²) >= 11 is 0. The van der Waals surface area contributed by atoms with E-state index < -0.39 is 0 Å². The summed E-state index contributed by atoms with van der Waals surface area (Å²) in [6.07, 6.45) is 6.66. The van der Waals surface area contributed by atoms with E-state index in [1.165, 1.54) is 19.3 Å². The molecule has 2 N–H and O–H groups in total. The number of anilines is 1. The van der Waals surface area contributed by atoms with E-state index in [1.807, 2.05) is 12.1 Å². The molecule has 2 aromatic rings. The molecule has 3 heterocycles. The molecule has 1 saturated heterocycles. The van der Waals surface area contributed by atoms with Crippen LogP contribution < -0.4 is 20.3 Å². The first-order valence-electron chi connectivity index (χ1n) is 11.6. The molecule has 1 unspecified atom stereocenters. The van der Waals surface area contributed by atoms with Gasteiger partial charge in [0.1, 0.15) is 17.4 Å². The average molecular weight is 426 g/mol. The van der Waals surface area contributed by atoms with E-state index in [0.29, 0.717) is 12.6 Å². The van der Waals surface area contributed by atoms with Gasteiger partial charge in [-0.15, -0.1) is 10.2 Å². The van der Waals surface area contributed by atoms with Gasteiger partial charge < -0.3 is 24.8 Å². The van der Waals surface area contributed by atoms with Gasteiger partial charge in [0.15, 0.2) is 5.96 Å². The number of nitrogens with one attached hydrogen (secondary N) is 2. The Morgan fingerprint density at radius 3 is 2.97 bits per heavy atom. The Balaban J connectivity index is 1.34. The maximum atomic E-state index is 5.54. The summed E-state index contributed by atoms with van der Waals surface area (Å²) in [5, 5.41) is 15.8. The maximum absolute atomic E-state index is 5.54. The number of ether oxygens (including phenoxy) is 1. The second-order valence-electron chi connectivity index (χ2n) is 8.25. The van der Waals surface area contributed by atoms with Crippen LogP contribution in [0, 0.1) is 0 Å². The lowest BCUT2D eigenvalue weighted by molar-refractivity contribution is 0.415. The molecule has 0 spiro atoms. The van der Waals surface area contributed by atoms with Crippen LogP contribution >= 0.6 is 0 Å². The Morgan fingerprint density at radius 1 is 1.19 bits per heavy atom. The van der Waals surface area contributed by atoms with E-state index in [2.05, 4.69) is 49.4 Å². The van der Waals surface area contributed by atoms with Crippen LogP contribution in [0.15, 0.2) is 29.3 Å². The van der Waals surface area contributed by atoms with Crippen LogP contribution in [0.1, 0.15) is 44.3 Å². The van der Waals surface area contributed by atoms with Crippen LogP contribution in [0.5, 0.6) is 5.75 Å². The minimum atomic E-state index is 0.354. The number of fused-ring (bicyclic) bond motifs is 1. The number of hydrogen-bond donors (Lipinski definition) is 2. The van der Waals surface area contributed by atoms with Crippen molar-refractivity contribution in [2.75, 3.05) is 38.2 Å². The summed E-state index contributed by atoms with van der Waals surface area (Å²) < 4.78 is 7.85. The van der Waals surface area contributed by atoms with Crippen molar-refractivity contribution in [1.82, 2.24) is 25.4 Å². The zero-order valence-corrected chi connectivity index (χ0v) is 18.8. The molecule has 1 atom stereocenters. The van der Waals surface area contributed by atoms with E-state index in [-0.39, 0.29) is 0 Å². The number of aliphatic imine (C=N–C) groups is 1. The quantitative estimate of drug-likeness (QED) is 0.524. The molecular weight excluding hydrogens is 390 g/mol. The largest absolute Gasteiger partial charge is 0.495 e. The number of guanidine groups is 1. The third-order valence-corrected chi connectivity index (χ3v) is 6.09. The Hall–Kier alpha value is -2.77. The highest BCUT2D eigenvalue weighted by Gasteiger charge is 2.25. The second kappa shape index (κ2) is 10.5. The second-order valence-corrected chi connectivity index (χ2v) is 8.25. The van der Waals surface area contributed by atoms with Crippen molar-refractivity contribution >= 4 is 11.6 Å².